The Hall–Kier alpha value is -2.12. The zero-order valence-corrected chi connectivity index (χ0v) is 11.2. The highest BCUT2D eigenvalue weighted by atomic mass is 16.2. The number of hydrogen-bond donors (Lipinski definition) is 1. The molecule has 0 spiro atoms. The SMILES string of the molecule is Cc1cc(C#CCCO)ccc1N1C(=O)C2CC2C1=O. The molecule has 2 fully saturated rings. The van der Waals surface area contributed by atoms with Gasteiger partial charge in [0, 0.05) is 12.0 Å². The number of fused-ring (bicyclic) bond motifs is 1. The van der Waals surface area contributed by atoms with Crippen molar-refractivity contribution >= 4 is 17.5 Å². The van der Waals surface area contributed by atoms with Gasteiger partial charge in [0.1, 0.15) is 0 Å². The van der Waals surface area contributed by atoms with Crippen LogP contribution in [0.1, 0.15) is 24.0 Å². The van der Waals surface area contributed by atoms with Crippen LogP contribution >= 0.6 is 0 Å². The second-order valence-corrected chi connectivity index (χ2v) is 5.24. The zero-order valence-electron chi connectivity index (χ0n) is 11.2. The number of hydrogen-bond acceptors (Lipinski definition) is 3. The van der Waals surface area contributed by atoms with Crippen molar-refractivity contribution in [3.05, 3.63) is 29.3 Å². The van der Waals surface area contributed by atoms with Crippen LogP contribution in [0.25, 0.3) is 0 Å². The van der Waals surface area contributed by atoms with Crippen LogP contribution in [0.4, 0.5) is 5.69 Å². The van der Waals surface area contributed by atoms with Crippen LogP contribution in [0.15, 0.2) is 18.2 Å². The molecule has 4 nitrogen and oxygen atoms in total. The number of amides is 2. The maximum absolute atomic E-state index is 12.1. The molecular formula is C16H15NO3. The number of aryl methyl sites for hydroxylation is 1. The van der Waals surface area contributed by atoms with E-state index in [1.807, 2.05) is 13.0 Å². The number of aliphatic hydroxyl groups is 1. The van der Waals surface area contributed by atoms with Gasteiger partial charge in [-0.15, -0.1) is 0 Å². The first-order chi connectivity index (χ1) is 9.63. The Morgan fingerprint density at radius 3 is 2.60 bits per heavy atom. The fourth-order valence-electron chi connectivity index (χ4n) is 2.62. The number of carbonyl (C=O) groups excluding carboxylic acids is 2. The number of aliphatic hydroxyl groups excluding tert-OH is 1. The van der Waals surface area contributed by atoms with E-state index >= 15 is 0 Å². The molecule has 20 heavy (non-hydrogen) atoms. The Morgan fingerprint density at radius 2 is 2.00 bits per heavy atom. The molecule has 2 unspecified atom stereocenters. The van der Waals surface area contributed by atoms with Crippen molar-refractivity contribution in [2.45, 2.75) is 19.8 Å². The van der Waals surface area contributed by atoms with Gasteiger partial charge < -0.3 is 5.11 Å². The summed E-state index contributed by atoms with van der Waals surface area (Å²) in [6.07, 6.45) is 1.16. The molecule has 2 atom stereocenters. The first kappa shape index (κ1) is 12.9. The van der Waals surface area contributed by atoms with Crippen molar-refractivity contribution < 1.29 is 14.7 Å². The predicted molar refractivity (Wildman–Crippen MR) is 73.8 cm³/mol. The number of nitrogens with zero attached hydrogens (tertiary/aromatic N) is 1. The van der Waals surface area contributed by atoms with Gasteiger partial charge in [-0.3, -0.25) is 9.59 Å². The molecule has 1 N–H and O–H groups in total. The van der Waals surface area contributed by atoms with E-state index in [1.165, 1.54) is 4.90 Å². The fourth-order valence-corrected chi connectivity index (χ4v) is 2.62. The van der Waals surface area contributed by atoms with Gasteiger partial charge in [0.05, 0.1) is 24.1 Å². The molecule has 2 aliphatic rings. The predicted octanol–water partition coefficient (Wildman–Crippen LogP) is 1.24. The van der Waals surface area contributed by atoms with Gasteiger partial charge in [-0.1, -0.05) is 11.8 Å². The smallest absolute Gasteiger partial charge is 0.237 e. The lowest BCUT2D eigenvalue weighted by Crippen LogP contribution is -2.33. The first-order valence-corrected chi connectivity index (χ1v) is 6.71. The highest BCUT2D eigenvalue weighted by Crippen LogP contribution is 2.48. The van der Waals surface area contributed by atoms with Crippen LogP contribution < -0.4 is 4.90 Å². The van der Waals surface area contributed by atoms with E-state index in [9.17, 15) is 9.59 Å². The lowest BCUT2D eigenvalue weighted by atomic mass is 10.1. The Labute approximate surface area is 117 Å². The van der Waals surface area contributed by atoms with Crippen molar-refractivity contribution in [1.82, 2.24) is 0 Å². The normalized spacial score (nSPS) is 23.4. The minimum atomic E-state index is -0.0778. The van der Waals surface area contributed by atoms with Gasteiger partial charge >= 0.3 is 0 Å². The summed E-state index contributed by atoms with van der Waals surface area (Å²) >= 11 is 0. The van der Waals surface area contributed by atoms with Crippen molar-refractivity contribution in [2.24, 2.45) is 11.8 Å². The molecule has 4 heteroatoms. The van der Waals surface area contributed by atoms with Crippen LogP contribution in [0.2, 0.25) is 0 Å². The highest BCUT2D eigenvalue weighted by molar-refractivity contribution is 6.25. The largest absolute Gasteiger partial charge is 0.395 e. The monoisotopic (exact) mass is 269 g/mol. The molecule has 1 saturated carbocycles. The van der Waals surface area contributed by atoms with E-state index in [2.05, 4.69) is 11.8 Å². The summed E-state index contributed by atoms with van der Waals surface area (Å²) in [6, 6.07) is 5.44. The molecule has 3 rings (SSSR count). The topological polar surface area (TPSA) is 57.6 Å². The molecule has 0 aromatic heterocycles. The number of rotatable bonds is 2. The minimum absolute atomic E-state index is 0.0453. The van der Waals surface area contributed by atoms with Crippen molar-refractivity contribution in [2.75, 3.05) is 11.5 Å². The van der Waals surface area contributed by atoms with Gasteiger partial charge in [0.25, 0.3) is 0 Å². The number of anilines is 1. The zero-order chi connectivity index (χ0) is 14.3. The highest BCUT2D eigenvalue weighted by Gasteiger charge is 2.59. The maximum Gasteiger partial charge on any atom is 0.237 e. The third-order valence-electron chi connectivity index (χ3n) is 3.77. The number of benzene rings is 1. The third kappa shape index (κ3) is 2.00. The van der Waals surface area contributed by atoms with Crippen molar-refractivity contribution in [3.63, 3.8) is 0 Å². The summed E-state index contributed by atoms with van der Waals surface area (Å²) in [6.45, 7) is 1.92. The van der Waals surface area contributed by atoms with E-state index in [-0.39, 0.29) is 30.3 Å². The second kappa shape index (κ2) is 4.77. The van der Waals surface area contributed by atoms with E-state index in [1.54, 1.807) is 12.1 Å². The molecule has 102 valence electrons. The van der Waals surface area contributed by atoms with Gasteiger partial charge in [-0.2, -0.15) is 0 Å². The Morgan fingerprint density at radius 1 is 1.30 bits per heavy atom. The van der Waals surface area contributed by atoms with Gasteiger partial charge in [0.2, 0.25) is 11.8 Å². The summed E-state index contributed by atoms with van der Waals surface area (Å²) in [5.74, 6) is 5.51. The fraction of sp³-hybridized carbons (Fsp3) is 0.375. The standard InChI is InChI=1S/C16H15NO3/c1-10-8-11(4-2-3-7-18)5-6-14(10)17-15(19)12-9-13(12)16(17)20/h5-6,8,12-13,18H,3,7,9H2,1H3. The summed E-state index contributed by atoms with van der Waals surface area (Å²) in [7, 11) is 0. The average molecular weight is 269 g/mol. The van der Waals surface area contributed by atoms with E-state index < -0.39 is 0 Å². The number of imide groups is 1. The molecule has 0 radical (unpaired) electrons. The third-order valence-corrected chi connectivity index (χ3v) is 3.77. The van der Waals surface area contributed by atoms with Gasteiger partial charge in [-0.05, 0) is 37.1 Å². The maximum atomic E-state index is 12.1. The van der Waals surface area contributed by atoms with Crippen molar-refractivity contribution in [1.29, 1.82) is 0 Å². The quantitative estimate of drug-likeness (QED) is 0.649. The van der Waals surface area contributed by atoms with E-state index in [0.717, 1.165) is 17.5 Å². The summed E-state index contributed by atoms with van der Waals surface area (Å²) in [5, 5.41) is 8.69. The van der Waals surface area contributed by atoms with Crippen LogP contribution in [0.3, 0.4) is 0 Å². The average Bonchev–Trinajstić information content (AvgIpc) is 3.17. The number of carbonyl (C=O) groups is 2. The molecule has 1 aliphatic heterocycles. The van der Waals surface area contributed by atoms with Gasteiger partial charge in [0.15, 0.2) is 0 Å². The molecule has 0 bridgehead atoms. The van der Waals surface area contributed by atoms with Crippen LogP contribution in [0, 0.1) is 30.6 Å². The first-order valence-electron chi connectivity index (χ1n) is 6.71. The second-order valence-electron chi connectivity index (χ2n) is 5.24. The van der Waals surface area contributed by atoms with Gasteiger partial charge in [-0.25, -0.2) is 4.90 Å². The lowest BCUT2D eigenvalue weighted by molar-refractivity contribution is -0.123. The van der Waals surface area contributed by atoms with Crippen molar-refractivity contribution in [3.8, 4) is 11.8 Å². The van der Waals surface area contributed by atoms with Crippen LogP contribution in [-0.2, 0) is 9.59 Å². The Balaban J connectivity index is 1.87. The summed E-state index contributed by atoms with van der Waals surface area (Å²) in [5.41, 5.74) is 2.35. The molecule has 1 saturated heterocycles. The Kier molecular flexibility index (Phi) is 3.07. The molecule has 2 amide bonds. The molecule has 1 aromatic carbocycles. The molecule has 1 aliphatic carbocycles. The lowest BCUT2D eigenvalue weighted by Gasteiger charge is -2.18. The summed E-state index contributed by atoms with van der Waals surface area (Å²) in [4.78, 5) is 25.4. The van der Waals surface area contributed by atoms with E-state index in [0.29, 0.717) is 12.1 Å². The molecule has 1 aromatic rings. The minimum Gasteiger partial charge on any atom is -0.395 e. The van der Waals surface area contributed by atoms with E-state index in [4.69, 9.17) is 5.11 Å². The molecule has 1 heterocycles. The number of piperidine rings is 1. The summed E-state index contributed by atoms with van der Waals surface area (Å²) < 4.78 is 0. The molecular weight excluding hydrogens is 254 g/mol. The van der Waals surface area contributed by atoms with Crippen LogP contribution in [0.5, 0.6) is 0 Å². The van der Waals surface area contributed by atoms with Crippen LogP contribution in [-0.4, -0.2) is 23.5 Å². The Bertz CT molecular complexity index is 633.